The Labute approximate surface area is 138 Å². The van der Waals surface area contributed by atoms with Crippen molar-refractivity contribution in [2.24, 2.45) is 0 Å². The second kappa shape index (κ2) is 6.67. The second-order valence-corrected chi connectivity index (χ2v) is 5.66. The molecule has 0 aliphatic carbocycles. The fourth-order valence-electron chi connectivity index (χ4n) is 2.74. The van der Waals surface area contributed by atoms with Crippen LogP contribution in [-0.4, -0.2) is 35.1 Å². The number of nitro groups is 1. The number of benzene rings is 2. The molecule has 0 spiro atoms. The first-order chi connectivity index (χ1) is 11.5. The first-order valence-electron chi connectivity index (χ1n) is 7.62. The predicted molar refractivity (Wildman–Crippen MR) is 90.3 cm³/mol. The number of hydrogen-bond donors (Lipinski definition) is 2. The minimum Gasteiger partial charge on any atom is -0.391 e. The molecule has 24 heavy (non-hydrogen) atoms. The number of hydrogen-bond acceptors (Lipinski definition) is 5. The van der Waals surface area contributed by atoms with Crippen LogP contribution in [0.3, 0.4) is 0 Å². The first kappa shape index (κ1) is 15.9. The van der Waals surface area contributed by atoms with Gasteiger partial charge in [-0.15, -0.1) is 0 Å². The standard InChI is InChI=1S/C17H17N3O4/c21-14-9-10-19(11-14)16-4-2-1-3-15(16)18-17(22)12-5-7-13(8-6-12)20(23)24/h1-8,14,21H,9-11H2,(H,18,22)/t14-/m1/s1. The highest BCUT2D eigenvalue weighted by Gasteiger charge is 2.22. The van der Waals surface area contributed by atoms with Crippen LogP contribution in [0.25, 0.3) is 0 Å². The number of nitrogens with zero attached hydrogens (tertiary/aromatic N) is 2. The molecule has 1 heterocycles. The lowest BCUT2D eigenvalue weighted by Gasteiger charge is -2.21. The van der Waals surface area contributed by atoms with Gasteiger partial charge >= 0.3 is 0 Å². The summed E-state index contributed by atoms with van der Waals surface area (Å²) >= 11 is 0. The van der Waals surface area contributed by atoms with Gasteiger partial charge in [-0.2, -0.15) is 0 Å². The SMILES string of the molecule is O=C(Nc1ccccc1N1CC[C@@H](O)C1)c1ccc([N+](=O)[O-])cc1. The number of nitrogens with one attached hydrogen (secondary N) is 1. The maximum absolute atomic E-state index is 12.4. The molecule has 2 aromatic rings. The molecule has 1 fully saturated rings. The van der Waals surface area contributed by atoms with Gasteiger partial charge in [0.1, 0.15) is 0 Å². The Bertz CT molecular complexity index is 761. The third kappa shape index (κ3) is 3.36. The zero-order chi connectivity index (χ0) is 17.1. The van der Waals surface area contributed by atoms with Crippen molar-refractivity contribution in [3.63, 3.8) is 0 Å². The molecule has 2 N–H and O–H groups in total. The summed E-state index contributed by atoms with van der Waals surface area (Å²) in [6.07, 6.45) is 0.341. The summed E-state index contributed by atoms with van der Waals surface area (Å²) in [5, 5.41) is 23.2. The summed E-state index contributed by atoms with van der Waals surface area (Å²) in [5.41, 5.74) is 1.79. The predicted octanol–water partition coefficient (Wildman–Crippen LogP) is 2.42. The molecule has 1 amide bonds. The van der Waals surface area contributed by atoms with E-state index in [0.717, 1.165) is 12.2 Å². The summed E-state index contributed by atoms with van der Waals surface area (Å²) < 4.78 is 0. The van der Waals surface area contributed by atoms with Crippen LogP contribution in [0, 0.1) is 10.1 Å². The normalized spacial score (nSPS) is 16.9. The fourth-order valence-corrected chi connectivity index (χ4v) is 2.74. The summed E-state index contributed by atoms with van der Waals surface area (Å²) in [6.45, 7) is 1.26. The van der Waals surface area contributed by atoms with Crippen molar-refractivity contribution in [3.8, 4) is 0 Å². The lowest BCUT2D eigenvalue weighted by atomic mass is 10.2. The van der Waals surface area contributed by atoms with Gasteiger partial charge in [0.05, 0.1) is 22.4 Å². The molecule has 2 aromatic carbocycles. The number of non-ortho nitro benzene ring substituents is 1. The number of carbonyl (C=O) groups is 1. The molecule has 1 aliphatic rings. The van der Waals surface area contributed by atoms with Crippen LogP contribution >= 0.6 is 0 Å². The monoisotopic (exact) mass is 327 g/mol. The lowest BCUT2D eigenvalue weighted by Crippen LogP contribution is -2.23. The molecule has 1 saturated heterocycles. The second-order valence-electron chi connectivity index (χ2n) is 5.66. The van der Waals surface area contributed by atoms with E-state index in [-0.39, 0.29) is 17.7 Å². The van der Waals surface area contributed by atoms with Crippen molar-refractivity contribution < 1.29 is 14.8 Å². The number of aliphatic hydroxyl groups is 1. The van der Waals surface area contributed by atoms with Crippen molar-refractivity contribution in [2.75, 3.05) is 23.3 Å². The summed E-state index contributed by atoms with van der Waals surface area (Å²) in [5.74, 6) is -0.336. The molecule has 1 atom stereocenters. The molecule has 7 heteroatoms. The molecule has 7 nitrogen and oxygen atoms in total. The first-order valence-corrected chi connectivity index (χ1v) is 7.62. The topological polar surface area (TPSA) is 95.7 Å². The molecule has 0 radical (unpaired) electrons. The van der Waals surface area contributed by atoms with Crippen molar-refractivity contribution in [3.05, 3.63) is 64.2 Å². The quantitative estimate of drug-likeness (QED) is 0.664. The molecule has 3 rings (SSSR count). The summed E-state index contributed by atoms with van der Waals surface area (Å²) in [4.78, 5) is 24.6. The van der Waals surface area contributed by atoms with E-state index < -0.39 is 4.92 Å². The molecule has 0 unspecified atom stereocenters. The van der Waals surface area contributed by atoms with Crippen LogP contribution in [0.1, 0.15) is 16.8 Å². The Morgan fingerprint density at radius 2 is 1.92 bits per heavy atom. The van der Waals surface area contributed by atoms with E-state index in [1.54, 1.807) is 6.07 Å². The Balaban J connectivity index is 1.78. The van der Waals surface area contributed by atoms with Crippen molar-refractivity contribution in [1.29, 1.82) is 0 Å². The van der Waals surface area contributed by atoms with E-state index in [1.165, 1.54) is 24.3 Å². The maximum atomic E-state index is 12.4. The van der Waals surface area contributed by atoms with Gasteiger partial charge in [0.2, 0.25) is 0 Å². The van der Waals surface area contributed by atoms with Crippen molar-refractivity contribution in [2.45, 2.75) is 12.5 Å². The van der Waals surface area contributed by atoms with Crippen LogP contribution < -0.4 is 10.2 Å². The van der Waals surface area contributed by atoms with Crippen molar-refractivity contribution >= 4 is 23.0 Å². The van der Waals surface area contributed by atoms with Crippen LogP contribution in [0.4, 0.5) is 17.1 Å². The van der Waals surface area contributed by atoms with E-state index in [2.05, 4.69) is 5.32 Å². The van der Waals surface area contributed by atoms with Crippen LogP contribution in [0.15, 0.2) is 48.5 Å². The number of para-hydroxylation sites is 2. The van der Waals surface area contributed by atoms with E-state index in [4.69, 9.17) is 0 Å². The largest absolute Gasteiger partial charge is 0.391 e. The molecule has 0 saturated carbocycles. The van der Waals surface area contributed by atoms with Gasteiger partial charge in [-0.3, -0.25) is 14.9 Å². The lowest BCUT2D eigenvalue weighted by molar-refractivity contribution is -0.384. The van der Waals surface area contributed by atoms with E-state index in [1.807, 2.05) is 23.1 Å². The Kier molecular flexibility index (Phi) is 4.43. The summed E-state index contributed by atoms with van der Waals surface area (Å²) in [7, 11) is 0. The van der Waals surface area contributed by atoms with Gasteiger partial charge in [-0.1, -0.05) is 12.1 Å². The average molecular weight is 327 g/mol. The molecular formula is C17H17N3O4. The highest BCUT2D eigenvalue weighted by Crippen LogP contribution is 2.29. The van der Waals surface area contributed by atoms with Gasteiger partial charge < -0.3 is 15.3 Å². The van der Waals surface area contributed by atoms with Gasteiger partial charge in [0, 0.05) is 30.8 Å². The van der Waals surface area contributed by atoms with Gasteiger partial charge in [0.15, 0.2) is 0 Å². The minimum absolute atomic E-state index is 0.0574. The smallest absolute Gasteiger partial charge is 0.269 e. The van der Waals surface area contributed by atoms with Crippen LogP contribution in [0.2, 0.25) is 0 Å². The molecular weight excluding hydrogens is 310 g/mol. The van der Waals surface area contributed by atoms with E-state index in [9.17, 15) is 20.0 Å². The number of carbonyl (C=O) groups excluding carboxylic acids is 1. The maximum Gasteiger partial charge on any atom is 0.269 e. The minimum atomic E-state index is -0.504. The zero-order valence-electron chi connectivity index (χ0n) is 12.9. The molecule has 0 aromatic heterocycles. The van der Waals surface area contributed by atoms with Crippen LogP contribution in [0.5, 0.6) is 0 Å². The molecule has 0 bridgehead atoms. The highest BCUT2D eigenvalue weighted by atomic mass is 16.6. The number of nitro benzene ring substituents is 1. The summed E-state index contributed by atoms with van der Waals surface area (Å²) in [6, 6.07) is 12.8. The van der Waals surface area contributed by atoms with E-state index >= 15 is 0 Å². The third-order valence-electron chi connectivity index (χ3n) is 4.00. The molecule has 1 aliphatic heterocycles. The number of β-amino-alcohol motifs (C(OH)–C–C–N with tert-alkyl or cyclic N) is 1. The number of amides is 1. The Hall–Kier alpha value is -2.93. The number of rotatable bonds is 4. The zero-order valence-corrected chi connectivity index (χ0v) is 12.9. The highest BCUT2D eigenvalue weighted by molar-refractivity contribution is 6.06. The fraction of sp³-hybridized carbons (Fsp3) is 0.235. The third-order valence-corrected chi connectivity index (χ3v) is 4.00. The number of aliphatic hydroxyl groups excluding tert-OH is 1. The molecule has 124 valence electrons. The van der Waals surface area contributed by atoms with Gasteiger partial charge in [-0.05, 0) is 30.7 Å². The Morgan fingerprint density at radius 1 is 1.21 bits per heavy atom. The van der Waals surface area contributed by atoms with E-state index in [0.29, 0.717) is 24.2 Å². The van der Waals surface area contributed by atoms with Crippen LogP contribution in [-0.2, 0) is 0 Å². The van der Waals surface area contributed by atoms with Gasteiger partial charge in [0.25, 0.3) is 11.6 Å². The number of anilines is 2. The average Bonchev–Trinajstić information content (AvgIpc) is 3.01. The van der Waals surface area contributed by atoms with Crippen molar-refractivity contribution in [1.82, 2.24) is 0 Å². The van der Waals surface area contributed by atoms with Gasteiger partial charge in [-0.25, -0.2) is 0 Å². The Morgan fingerprint density at radius 3 is 2.54 bits per heavy atom.